The first kappa shape index (κ1) is 21.2. The zero-order chi connectivity index (χ0) is 21.0. The molecule has 0 amide bonds. The maximum absolute atomic E-state index is 13.3. The SMILES string of the molecule is Cc1ccccc1-n1c(=O)nc(NCCCNSN)c2ccc(C(F)(F)F)cc21. The van der Waals surface area contributed by atoms with E-state index in [4.69, 9.17) is 5.14 Å². The summed E-state index contributed by atoms with van der Waals surface area (Å²) in [6, 6.07) is 10.3. The molecule has 154 valence electrons. The second-order valence-electron chi connectivity index (χ2n) is 6.39. The molecule has 0 aliphatic rings. The fourth-order valence-electron chi connectivity index (χ4n) is 3.01. The number of alkyl halides is 3. The van der Waals surface area contributed by atoms with Gasteiger partial charge in [-0.25, -0.2) is 4.79 Å². The van der Waals surface area contributed by atoms with Crippen LogP contribution in [0.3, 0.4) is 0 Å². The van der Waals surface area contributed by atoms with Crippen LogP contribution >= 0.6 is 12.1 Å². The van der Waals surface area contributed by atoms with Crippen LogP contribution in [0.25, 0.3) is 16.6 Å². The zero-order valence-corrected chi connectivity index (χ0v) is 16.4. The summed E-state index contributed by atoms with van der Waals surface area (Å²) in [7, 11) is 0. The van der Waals surface area contributed by atoms with Gasteiger partial charge in [0.15, 0.2) is 0 Å². The van der Waals surface area contributed by atoms with Crippen molar-refractivity contribution in [3.63, 3.8) is 0 Å². The van der Waals surface area contributed by atoms with Crippen LogP contribution in [0.2, 0.25) is 0 Å². The molecular weight excluding hydrogens is 403 g/mol. The van der Waals surface area contributed by atoms with Crippen molar-refractivity contribution in [1.82, 2.24) is 14.3 Å². The molecule has 0 aliphatic carbocycles. The van der Waals surface area contributed by atoms with Crippen LogP contribution in [0, 0.1) is 6.92 Å². The standard InChI is InChI=1S/C19H20F3N5OS/c1-12-5-2-3-6-15(12)27-16-11-13(19(20,21)22)7-8-14(16)17(26-18(27)28)24-9-4-10-25-29-23/h2-3,5-8,11,25H,4,9-10,23H2,1H3,(H,24,26,28). The van der Waals surface area contributed by atoms with Gasteiger partial charge in [0, 0.05) is 30.6 Å². The molecule has 0 radical (unpaired) electrons. The fourth-order valence-corrected chi connectivity index (χ4v) is 3.27. The minimum absolute atomic E-state index is 0.146. The number of nitrogens with zero attached hydrogens (tertiary/aromatic N) is 2. The third kappa shape index (κ3) is 4.72. The van der Waals surface area contributed by atoms with Crippen molar-refractivity contribution in [3.05, 3.63) is 64.1 Å². The van der Waals surface area contributed by atoms with Gasteiger partial charge < -0.3 is 5.32 Å². The summed E-state index contributed by atoms with van der Waals surface area (Å²) in [5.74, 6) is 0.254. The Balaban J connectivity index is 2.15. The fraction of sp³-hybridized carbons (Fsp3) is 0.263. The molecule has 6 nitrogen and oxygen atoms in total. The molecule has 1 heterocycles. The van der Waals surface area contributed by atoms with Gasteiger partial charge in [0.1, 0.15) is 5.82 Å². The van der Waals surface area contributed by atoms with Crippen molar-refractivity contribution in [3.8, 4) is 5.69 Å². The van der Waals surface area contributed by atoms with Gasteiger partial charge in [0.05, 0.1) is 16.8 Å². The summed E-state index contributed by atoms with van der Waals surface area (Å²) in [6.07, 6.45) is -3.84. The molecule has 4 N–H and O–H groups in total. The molecule has 0 saturated carbocycles. The van der Waals surface area contributed by atoms with E-state index < -0.39 is 17.4 Å². The molecule has 3 rings (SSSR count). The van der Waals surface area contributed by atoms with Crippen LogP contribution in [0.5, 0.6) is 0 Å². The lowest BCUT2D eigenvalue weighted by Gasteiger charge is -2.17. The van der Waals surface area contributed by atoms with Gasteiger partial charge in [-0.2, -0.15) is 18.2 Å². The van der Waals surface area contributed by atoms with Crippen molar-refractivity contribution < 1.29 is 13.2 Å². The largest absolute Gasteiger partial charge is 0.416 e. The van der Waals surface area contributed by atoms with Crippen LogP contribution in [-0.2, 0) is 6.18 Å². The van der Waals surface area contributed by atoms with Crippen molar-refractivity contribution in [1.29, 1.82) is 0 Å². The molecule has 0 saturated heterocycles. The van der Waals surface area contributed by atoms with Crippen LogP contribution in [0.1, 0.15) is 17.5 Å². The second-order valence-corrected chi connectivity index (χ2v) is 6.91. The summed E-state index contributed by atoms with van der Waals surface area (Å²) in [5.41, 5.74) is -0.0872. The first-order valence-electron chi connectivity index (χ1n) is 8.85. The van der Waals surface area contributed by atoms with Gasteiger partial charge in [0.2, 0.25) is 0 Å². The molecule has 0 unspecified atom stereocenters. The predicted octanol–water partition coefficient (Wildman–Crippen LogP) is 3.63. The van der Waals surface area contributed by atoms with E-state index in [-0.39, 0.29) is 11.3 Å². The topological polar surface area (TPSA) is 85.0 Å². The Hall–Kier alpha value is -2.56. The third-order valence-corrected chi connectivity index (χ3v) is 4.78. The number of hydrogen-bond acceptors (Lipinski definition) is 6. The Kier molecular flexibility index (Phi) is 6.46. The lowest BCUT2D eigenvalue weighted by molar-refractivity contribution is -0.137. The number of aryl methyl sites for hydroxylation is 1. The van der Waals surface area contributed by atoms with Crippen LogP contribution in [0.4, 0.5) is 19.0 Å². The second kappa shape index (κ2) is 8.85. The van der Waals surface area contributed by atoms with Gasteiger partial charge in [-0.05, 0) is 43.2 Å². The van der Waals surface area contributed by atoms with E-state index in [0.29, 0.717) is 30.6 Å². The number of para-hydroxylation sites is 1. The summed E-state index contributed by atoms with van der Waals surface area (Å²) in [6.45, 7) is 2.89. The van der Waals surface area contributed by atoms with Crippen molar-refractivity contribution in [2.75, 3.05) is 18.4 Å². The van der Waals surface area contributed by atoms with Gasteiger partial charge in [-0.1, -0.05) is 18.2 Å². The number of aromatic nitrogens is 2. The minimum Gasteiger partial charge on any atom is -0.369 e. The third-order valence-electron chi connectivity index (χ3n) is 4.41. The monoisotopic (exact) mass is 423 g/mol. The molecule has 0 bridgehead atoms. The number of anilines is 1. The molecule has 0 spiro atoms. The molecule has 3 aromatic rings. The maximum Gasteiger partial charge on any atom is 0.416 e. The zero-order valence-electron chi connectivity index (χ0n) is 15.6. The van der Waals surface area contributed by atoms with Crippen LogP contribution in [-0.4, -0.2) is 22.6 Å². The summed E-state index contributed by atoms with van der Waals surface area (Å²) in [5, 5.41) is 8.76. The van der Waals surface area contributed by atoms with Gasteiger partial charge in [0.25, 0.3) is 0 Å². The smallest absolute Gasteiger partial charge is 0.369 e. The van der Waals surface area contributed by atoms with Gasteiger partial charge in [-0.15, -0.1) is 0 Å². The van der Waals surface area contributed by atoms with Crippen molar-refractivity contribution >= 4 is 28.9 Å². The van der Waals surface area contributed by atoms with Crippen LogP contribution < -0.4 is 20.9 Å². The average Bonchev–Trinajstić information content (AvgIpc) is 2.67. The molecule has 0 aliphatic heterocycles. The highest BCUT2D eigenvalue weighted by atomic mass is 32.2. The van der Waals surface area contributed by atoms with E-state index in [9.17, 15) is 18.0 Å². The van der Waals surface area contributed by atoms with E-state index >= 15 is 0 Å². The molecule has 0 fully saturated rings. The molecule has 29 heavy (non-hydrogen) atoms. The summed E-state index contributed by atoms with van der Waals surface area (Å²) in [4.78, 5) is 16.9. The highest BCUT2D eigenvalue weighted by molar-refractivity contribution is 7.95. The maximum atomic E-state index is 13.3. The Morgan fingerprint density at radius 3 is 2.62 bits per heavy atom. The lowest BCUT2D eigenvalue weighted by atomic mass is 10.1. The minimum atomic E-state index is -4.52. The molecule has 10 heteroatoms. The Morgan fingerprint density at radius 2 is 1.93 bits per heavy atom. The van der Waals surface area contributed by atoms with Crippen molar-refractivity contribution in [2.45, 2.75) is 19.5 Å². The van der Waals surface area contributed by atoms with E-state index in [1.165, 1.54) is 10.6 Å². The molecule has 2 aromatic carbocycles. The molecular formula is C19H20F3N5OS. The quantitative estimate of drug-likeness (QED) is 0.398. The average molecular weight is 423 g/mol. The first-order chi connectivity index (χ1) is 13.8. The highest BCUT2D eigenvalue weighted by Crippen LogP contribution is 2.33. The number of nitrogens with two attached hydrogens (primary N) is 1. The summed E-state index contributed by atoms with van der Waals surface area (Å²) >= 11 is 1.00. The van der Waals surface area contributed by atoms with E-state index in [1.54, 1.807) is 31.2 Å². The van der Waals surface area contributed by atoms with Gasteiger partial charge in [-0.3, -0.25) is 14.4 Å². The van der Waals surface area contributed by atoms with E-state index in [2.05, 4.69) is 15.0 Å². The van der Waals surface area contributed by atoms with E-state index in [1.807, 2.05) is 0 Å². The highest BCUT2D eigenvalue weighted by Gasteiger charge is 2.31. The number of benzene rings is 2. The Morgan fingerprint density at radius 1 is 1.17 bits per heavy atom. The normalized spacial score (nSPS) is 11.8. The number of fused-ring (bicyclic) bond motifs is 1. The first-order valence-corrected chi connectivity index (χ1v) is 9.73. The Bertz CT molecular complexity index is 1070. The molecule has 0 atom stereocenters. The number of hydrogen-bond donors (Lipinski definition) is 3. The lowest BCUT2D eigenvalue weighted by Crippen LogP contribution is -2.25. The van der Waals surface area contributed by atoms with Crippen molar-refractivity contribution in [2.24, 2.45) is 5.14 Å². The summed E-state index contributed by atoms with van der Waals surface area (Å²) < 4.78 is 44.0. The Labute approximate surface area is 169 Å². The number of halogens is 3. The van der Waals surface area contributed by atoms with E-state index in [0.717, 1.165) is 29.8 Å². The van der Waals surface area contributed by atoms with Crippen LogP contribution in [0.15, 0.2) is 47.3 Å². The number of nitrogens with one attached hydrogen (secondary N) is 2. The van der Waals surface area contributed by atoms with Gasteiger partial charge >= 0.3 is 11.9 Å². The molecule has 1 aromatic heterocycles. The number of rotatable bonds is 7. The predicted molar refractivity (Wildman–Crippen MR) is 110 cm³/mol.